The molecular weight excluding hydrogens is 272 g/mol. The molecule has 0 bridgehead atoms. The van der Waals surface area contributed by atoms with E-state index in [2.05, 4.69) is 17.2 Å². The first kappa shape index (κ1) is 15.0. The van der Waals surface area contributed by atoms with E-state index >= 15 is 0 Å². The fourth-order valence-corrected chi connectivity index (χ4v) is 3.13. The third kappa shape index (κ3) is 3.82. The minimum atomic E-state index is 0.570. The molecule has 0 saturated carbocycles. The lowest BCUT2D eigenvalue weighted by Gasteiger charge is -2.24. The van der Waals surface area contributed by atoms with Crippen LogP contribution in [-0.2, 0) is 6.54 Å². The number of methoxy groups -OCH3 is 2. The fourth-order valence-electron chi connectivity index (χ4n) is 2.13. The van der Waals surface area contributed by atoms with Gasteiger partial charge in [-0.25, -0.2) is 0 Å². The van der Waals surface area contributed by atoms with Crippen LogP contribution in [0.15, 0.2) is 23.2 Å². The lowest BCUT2D eigenvalue weighted by molar-refractivity contribution is 0.354. The zero-order valence-corrected chi connectivity index (χ0v) is 13.1. The molecule has 1 saturated heterocycles. The normalized spacial score (nSPS) is 20.6. The first-order valence-electron chi connectivity index (χ1n) is 6.91. The van der Waals surface area contributed by atoms with Gasteiger partial charge in [0.15, 0.2) is 16.7 Å². The molecule has 0 aliphatic carbocycles. The maximum atomic E-state index is 5.31. The summed E-state index contributed by atoms with van der Waals surface area (Å²) in [5.74, 6) is 2.65. The molecule has 0 radical (unpaired) electrons. The summed E-state index contributed by atoms with van der Waals surface area (Å²) in [5.41, 5.74) is 1.12. The first-order valence-corrected chi connectivity index (χ1v) is 7.90. The SMILES string of the molecule is CCC1CCSC(=NCc2ccc(OC)c(OC)c2)N1. The van der Waals surface area contributed by atoms with Gasteiger partial charge in [0.05, 0.1) is 20.8 Å². The van der Waals surface area contributed by atoms with E-state index in [0.717, 1.165) is 34.4 Å². The van der Waals surface area contributed by atoms with Crippen LogP contribution in [0.5, 0.6) is 11.5 Å². The Balaban J connectivity index is 2.03. The summed E-state index contributed by atoms with van der Waals surface area (Å²) < 4.78 is 10.5. The van der Waals surface area contributed by atoms with Crippen LogP contribution in [0.3, 0.4) is 0 Å². The molecule has 1 aromatic rings. The van der Waals surface area contributed by atoms with E-state index in [1.54, 1.807) is 26.0 Å². The lowest BCUT2D eigenvalue weighted by atomic mass is 10.2. The summed E-state index contributed by atoms with van der Waals surface area (Å²) in [4.78, 5) is 4.65. The summed E-state index contributed by atoms with van der Waals surface area (Å²) in [7, 11) is 3.29. The number of hydrogen-bond donors (Lipinski definition) is 1. The van der Waals surface area contributed by atoms with Crippen molar-refractivity contribution in [1.82, 2.24) is 5.32 Å². The number of hydrogen-bond acceptors (Lipinski definition) is 4. The van der Waals surface area contributed by atoms with E-state index in [0.29, 0.717) is 12.6 Å². The summed E-state index contributed by atoms with van der Waals surface area (Å²) in [6.45, 7) is 2.87. The number of benzene rings is 1. The van der Waals surface area contributed by atoms with Crippen LogP contribution in [0.1, 0.15) is 25.3 Å². The molecule has 20 heavy (non-hydrogen) atoms. The zero-order chi connectivity index (χ0) is 14.4. The van der Waals surface area contributed by atoms with Crippen LogP contribution < -0.4 is 14.8 Å². The van der Waals surface area contributed by atoms with Gasteiger partial charge in [0, 0.05) is 11.8 Å². The third-order valence-corrected chi connectivity index (χ3v) is 4.34. The molecule has 2 rings (SSSR count). The maximum absolute atomic E-state index is 5.31. The highest BCUT2D eigenvalue weighted by molar-refractivity contribution is 8.13. The summed E-state index contributed by atoms with van der Waals surface area (Å²) >= 11 is 1.80. The van der Waals surface area contributed by atoms with Gasteiger partial charge in [-0.2, -0.15) is 0 Å². The first-order chi connectivity index (χ1) is 9.76. The van der Waals surface area contributed by atoms with E-state index in [1.807, 2.05) is 18.2 Å². The molecule has 1 aromatic carbocycles. The molecule has 1 aliphatic heterocycles. The van der Waals surface area contributed by atoms with Crippen molar-refractivity contribution in [3.05, 3.63) is 23.8 Å². The Bertz CT molecular complexity index is 477. The molecule has 1 aliphatic rings. The van der Waals surface area contributed by atoms with Crippen LogP contribution in [-0.4, -0.2) is 31.2 Å². The molecule has 5 heteroatoms. The molecule has 1 heterocycles. The Kier molecular flexibility index (Phi) is 5.59. The Morgan fingerprint density at radius 2 is 2.10 bits per heavy atom. The van der Waals surface area contributed by atoms with Gasteiger partial charge in [-0.15, -0.1) is 0 Å². The maximum Gasteiger partial charge on any atom is 0.161 e. The van der Waals surface area contributed by atoms with E-state index in [4.69, 9.17) is 9.47 Å². The van der Waals surface area contributed by atoms with Crippen molar-refractivity contribution in [2.75, 3.05) is 20.0 Å². The van der Waals surface area contributed by atoms with Crippen LogP contribution in [0.25, 0.3) is 0 Å². The molecule has 0 aromatic heterocycles. The number of nitrogens with one attached hydrogen (secondary N) is 1. The smallest absolute Gasteiger partial charge is 0.161 e. The van der Waals surface area contributed by atoms with Gasteiger partial charge in [-0.1, -0.05) is 24.8 Å². The summed E-state index contributed by atoms with van der Waals surface area (Å²) in [5, 5.41) is 4.54. The highest BCUT2D eigenvalue weighted by Gasteiger charge is 2.15. The lowest BCUT2D eigenvalue weighted by Crippen LogP contribution is -2.37. The summed E-state index contributed by atoms with van der Waals surface area (Å²) in [6, 6.07) is 6.49. The van der Waals surface area contributed by atoms with Crippen LogP contribution in [0.2, 0.25) is 0 Å². The molecule has 0 amide bonds. The average Bonchev–Trinajstić information content (AvgIpc) is 2.52. The minimum Gasteiger partial charge on any atom is -0.493 e. The number of rotatable bonds is 5. The van der Waals surface area contributed by atoms with Crippen molar-refractivity contribution >= 4 is 16.9 Å². The topological polar surface area (TPSA) is 42.9 Å². The minimum absolute atomic E-state index is 0.570. The quantitative estimate of drug-likeness (QED) is 0.906. The number of aliphatic imine (C=N–C) groups is 1. The predicted octanol–water partition coefficient (Wildman–Crippen LogP) is 3.06. The Morgan fingerprint density at radius 1 is 1.30 bits per heavy atom. The van der Waals surface area contributed by atoms with Crippen LogP contribution in [0.4, 0.5) is 0 Å². The molecule has 0 spiro atoms. The standard InChI is InChI=1S/C15H22N2O2S/c1-4-12-7-8-20-15(17-12)16-10-11-5-6-13(18-2)14(9-11)19-3/h5-6,9,12H,4,7-8,10H2,1-3H3,(H,16,17). The van der Waals surface area contributed by atoms with Crippen molar-refractivity contribution in [1.29, 1.82) is 0 Å². The highest BCUT2D eigenvalue weighted by Crippen LogP contribution is 2.28. The molecular formula is C15H22N2O2S. The molecule has 1 N–H and O–H groups in total. The van der Waals surface area contributed by atoms with Gasteiger partial charge in [0.2, 0.25) is 0 Å². The molecule has 1 atom stereocenters. The number of thioether (sulfide) groups is 1. The third-order valence-electron chi connectivity index (χ3n) is 3.38. The van der Waals surface area contributed by atoms with E-state index in [9.17, 15) is 0 Å². The average molecular weight is 294 g/mol. The van der Waals surface area contributed by atoms with Gasteiger partial charge in [-0.3, -0.25) is 4.99 Å². The largest absolute Gasteiger partial charge is 0.493 e. The van der Waals surface area contributed by atoms with Crippen molar-refractivity contribution in [2.45, 2.75) is 32.4 Å². The van der Waals surface area contributed by atoms with E-state index < -0.39 is 0 Å². The van der Waals surface area contributed by atoms with Crippen molar-refractivity contribution < 1.29 is 9.47 Å². The second kappa shape index (κ2) is 7.43. The van der Waals surface area contributed by atoms with Gasteiger partial charge in [0.1, 0.15) is 0 Å². The Labute approximate surface area is 125 Å². The van der Waals surface area contributed by atoms with Gasteiger partial charge in [0.25, 0.3) is 0 Å². The van der Waals surface area contributed by atoms with Gasteiger partial charge < -0.3 is 14.8 Å². The Morgan fingerprint density at radius 3 is 2.80 bits per heavy atom. The van der Waals surface area contributed by atoms with Crippen molar-refractivity contribution in [2.24, 2.45) is 4.99 Å². The predicted molar refractivity (Wildman–Crippen MR) is 85.0 cm³/mol. The molecule has 4 nitrogen and oxygen atoms in total. The Hall–Kier alpha value is -1.36. The fraction of sp³-hybridized carbons (Fsp3) is 0.533. The van der Waals surface area contributed by atoms with Crippen molar-refractivity contribution in [3.8, 4) is 11.5 Å². The highest BCUT2D eigenvalue weighted by atomic mass is 32.2. The molecule has 1 fully saturated rings. The number of ether oxygens (including phenoxy) is 2. The molecule has 110 valence electrons. The summed E-state index contributed by atoms with van der Waals surface area (Å²) in [6.07, 6.45) is 2.37. The van der Waals surface area contributed by atoms with Crippen LogP contribution >= 0.6 is 11.8 Å². The van der Waals surface area contributed by atoms with Crippen LogP contribution in [0, 0.1) is 0 Å². The van der Waals surface area contributed by atoms with Crippen molar-refractivity contribution in [3.63, 3.8) is 0 Å². The second-order valence-corrected chi connectivity index (χ2v) is 5.78. The van der Waals surface area contributed by atoms with E-state index in [1.165, 1.54) is 6.42 Å². The zero-order valence-electron chi connectivity index (χ0n) is 12.3. The number of nitrogens with zero attached hydrogens (tertiary/aromatic N) is 1. The van der Waals surface area contributed by atoms with Gasteiger partial charge in [-0.05, 0) is 30.5 Å². The second-order valence-electron chi connectivity index (χ2n) is 4.70. The van der Waals surface area contributed by atoms with E-state index in [-0.39, 0.29) is 0 Å². The monoisotopic (exact) mass is 294 g/mol. The number of amidine groups is 1. The van der Waals surface area contributed by atoms with Gasteiger partial charge >= 0.3 is 0 Å². The molecule has 1 unspecified atom stereocenters.